The normalized spacial score (nSPS) is 26.4. The van der Waals surface area contributed by atoms with E-state index in [1.165, 1.54) is 42.3 Å². The fourth-order valence-corrected chi connectivity index (χ4v) is 4.60. The molecule has 18 heavy (non-hydrogen) atoms. The number of aromatic nitrogens is 1. The molecular weight excluding hydrogens is 262 g/mol. The fraction of sp³-hybridized carbons (Fsp3) is 0.769. The van der Waals surface area contributed by atoms with Gasteiger partial charge in [0.05, 0.1) is 0 Å². The molecule has 3 nitrogen and oxygen atoms in total. The summed E-state index contributed by atoms with van der Waals surface area (Å²) in [6.07, 6.45) is 7.20. The van der Waals surface area contributed by atoms with Gasteiger partial charge in [-0.2, -0.15) is 11.8 Å². The molecule has 0 bridgehead atoms. The number of thioether (sulfide) groups is 1. The maximum absolute atomic E-state index is 4.40. The highest BCUT2D eigenvalue weighted by Crippen LogP contribution is 2.23. The molecule has 1 aromatic rings. The Labute approximate surface area is 117 Å². The number of thiazole rings is 1. The monoisotopic (exact) mass is 283 g/mol. The summed E-state index contributed by atoms with van der Waals surface area (Å²) in [5.74, 6) is 2.67. The number of nitrogens with one attached hydrogen (secondary N) is 1. The van der Waals surface area contributed by atoms with Gasteiger partial charge in [-0.25, -0.2) is 4.98 Å². The van der Waals surface area contributed by atoms with Gasteiger partial charge in [-0.05, 0) is 31.4 Å². The lowest BCUT2D eigenvalue weighted by Gasteiger charge is -2.35. The van der Waals surface area contributed by atoms with Crippen molar-refractivity contribution in [2.45, 2.75) is 37.8 Å². The van der Waals surface area contributed by atoms with E-state index in [9.17, 15) is 0 Å². The zero-order valence-electron chi connectivity index (χ0n) is 10.7. The van der Waals surface area contributed by atoms with E-state index in [2.05, 4.69) is 32.3 Å². The number of piperidine rings is 1. The zero-order valence-corrected chi connectivity index (χ0v) is 12.3. The topological polar surface area (TPSA) is 28.2 Å². The molecule has 5 heteroatoms. The van der Waals surface area contributed by atoms with Gasteiger partial charge in [-0.15, -0.1) is 11.3 Å². The molecule has 0 spiro atoms. The number of nitrogens with zero attached hydrogens (tertiary/aromatic N) is 2. The highest BCUT2D eigenvalue weighted by Gasteiger charge is 2.23. The molecule has 1 N–H and O–H groups in total. The smallest absolute Gasteiger partial charge is 0.185 e. The van der Waals surface area contributed by atoms with Gasteiger partial charge in [0.1, 0.15) is 0 Å². The van der Waals surface area contributed by atoms with Crippen LogP contribution in [-0.4, -0.2) is 41.7 Å². The minimum Gasteiger partial charge on any atom is -0.348 e. The van der Waals surface area contributed by atoms with Crippen molar-refractivity contribution in [3.8, 4) is 0 Å². The van der Waals surface area contributed by atoms with Crippen molar-refractivity contribution in [2.24, 2.45) is 0 Å². The Kier molecular flexibility index (Phi) is 4.44. The lowest BCUT2D eigenvalue weighted by atomic mass is 10.0. The van der Waals surface area contributed by atoms with Crippen LogP contribution in [0.4, 0.5) is 5.13 Å². The summed E-state index contributed by atoms with van der Waals surface area (Å²) in [4.78, 5) is 6.83. The van der Waals surface area contributed by atoms with Crippen molar-refractivity contribution >= 4 is 28.2 Å². The van der Waals surface area contributed by atoms with Crippen LogP contribution >= 0.6 is 23.1 Å². The molecule has 0 saturated carbocycles. The summed E-state index contributed by atoms with van der Waals surface area (Å²) < 4.78 is 0. The molecule has 0 unspecified atom stereocenters. The lowest BCUT2D eigenvalue weighted by Crippen LogP contribution is -2.47. The van der Waals surface area contributed by atoms with Crippen LogP contribution in [0.25, 0.3) is 0 Å². The second kappa shape index (κ2) is 6.26. The largest absolute Gasteiger partial charge is 0.348 e. The minimum atomic E-state index is 0.727. The number of hydrogen-bond donors (Lipinski definition) is 1. The Morgan fingerprint density at radius 3 is 2.78 bits per heavy atom. The molecule has 1 atom stereocenters. The predicted molar refractivity (Wildman–Crippen MR) is 80.8 cm³/mol. The first kappa shape index (κ1) is 12.8. The molecule has 0 radical (unpaired) electrons. The quantitative estimate of drug-likeness (QED) is 0.923. The van der Waals surface area contributed by atoms with E-state index in [1.54, 1.807) is 11.3 Å². The Balaban J connectivity index is 1.45. The Morgan fingerprint density at radius 1 is 1.22 bits per heavy atom. The van der Waals surface area contributed by atoms with Crippen molar-refractivity contribution in [1.29, 1.82) is 0 Å². The molecule has 2 aliphatic rings. The molecule has 2 aliphatic heterocycles. The fourth-order valence-electron chi connectivity index (χ4n) is 2.82. The predicted octanol–water partition coefficient (Wildman–Crippen LogP) is 2.60. The Bertz CT molecular complexity index is 341. The maximum Gasteiger partial charge on any atom is 0.185 e. The summed E-state index contributed by atoms with van der Waals surface area (Å²) in [6.45, 7) is 2.32. The Morgan fingerprint density at radius 2 is 2.11 bits per heavy atom. The van der Waals surface area contributed by atoms with Crippen LogP contribution in [0.2, 0.25) is 0 Å². The third-order valence-corrected chi connectivity index (χ3v) is 5.86. The van der Waals surface area contributed by atoms with Gasteiger partial charge in [0.25, 0.3) is 0 Å². The van der Waals surface area contributed by atoms with E-state index in [0.717, 1.165) is 25.2 Å². The average Bonchev–Trinajstić information content (AvgIpc) is 2.95. The molecule has 100 valence electrons. The first-order valence-corrected chi connectivity index (χ1v) is 8.93. The highest BCUT2D eigenvalue weighted by molar-refractivity contribution is 7.99. The lowest BCUT2D eigenvalue weighted by molar-refractivity contribution is 0.365. The summed E-state index contributed by atoms with van der Waals surface area (Å²) in [7, 11) is 0. The first-order chi connectivity index (χ1) is 8.92. The molecule has 0 aromatic carbocycles. The Hall–Kier alpha value is -0.260. The van der Waals surface area contributed by atoms with E-state index in [1.807, 2.05) is 6.20 Å². The van der Waals surface area contributed by atoms with E-state index < -0.39 is 0 Å². The van der Waals surface area contributed by atoms with Crippen LogP contribution in [-0.2, 0) is 0 Å². The second-order valence-corrected chi connectivity index (χ2v) is 7.18. The van der Waals surface area contributed by atoms with Crippen molar-refractivity contribution in [3.05, 3.63) is 11.6 Å². The van der Waals surface area contributed by atoms with Crippen LogP contribution in [0.1, 0.15) is 25.7 Å². The van der Waals surface area contributed by atoms with Gasteiger partial charge in [-0.1, -0.05) is 0 Å². The van der Waals surface area contributed by atoms with Gasteiger partial charge >= 0.3 is 0 Å². The third-order valence-electron chi connectivity index (χ3n) is 3.82. The van der Waals surface area contributed by atoms with E-state index in [-0.39, 0.29) is 0 Å². The number of rotatable bonds is 3. The number of hydrogen-bond acceptors (Lipinski definition) is 5. The molecular formula is C13H21N3S2. The molecule has 0 aliphatic carbocycles. The van der Waals surface area contributed by atoms with Crippen LogP contribution in [0, 0.1) is 0 Å². The molecule has 3 heterocycles. The van der Waals surface area contributed by atoms with E-state index >= 15 is 0 Å². The highest BCUT2D eigenvalue weighted by atomic mass is 32.2. The zero-order chi connectivity index (χ0) is 12.2. The first-order valence-electron chi connectivity index (χ1n) is 6.90. The van der Waals surface area contributed by atoms with Gasteiger partial charge in [-0.3, -0.25) is 0 Å². The van der Waals surface area contributed by atoms with Crippen molar-refractivity contribution in [3.63, 3.8) is 0 Å². The summed E-state index contributed by atoms with van der Waals surface area (Å²) in [5.41, 5.74) is 0. The van der Waals surface area contributed by atoms with Crippen molar-refractivity contribution in [1.82, 2.24) is 10.3 Å². The molecule has 3 rings (SSSR count). The van der Waals surface area contributed by atoms with Crippen molar-refractivity contribution < 1.29 is 0 Å². The van der Waals surface area contributed by atoms with Crippen LogP contribution in [0.3, 0.4) is 0 Å². The van der Waals surface area contributed by atoms with Gasteiger partial charge in [0.15, 0.2) is 5.13 Å². The maximum atomic E-state index is 4.40. The summed E-state index contributed by atoms with van der Waals surface area (Å²) >= 11 is 3.87. The van der Waals surface area contributed by atoms with Crippen molar-refractivity contribution in [2.75, 3.05) is 29.5 Å². The standard InChI is InChI=1S/C13H21N3S2/c1-2-12(10-17-8-1)15-11-3-6-16(7-4-11)13-14-5-9-18-13/h5,9,11-12,15H,1-4,6-8,10H2/t12-/m0/s1. The van der Waals surface area contributed by atoms with E-state index in [4.69, 9.17) is 0 Å². The SMILES string of the molecule is c1csc(N2CCC(N[C@H]3CCCSC3)CC2)n1. The third kappa shape index (κ3) is 3.19. The van der Waals surface area contributed by atoms with E-state index in [0.29, 0.717) is 0 Å². The average molecular weight is 283 g/mol. The van der Waals surface area contributed by atoms with Gasteiger partial charge in [0, 0.05) is 42.5 Å². The molecule has 2 saturated heterocycles. The molecule has 1 aromatic heterocycles. The number of anilines is 1. The summed E-state index contributed by atoms with van der Waals surface area (Å²) in [5, 5.41) is 7.12. The minimum absolute atomic E-state index is 0.727. The molecule has 0 amide bonds. The van der Waals surface area contributed by atoms with Crippen LogP contribution in [0.5, 0.6) is 0 Å². The second-order valence-electron chi connectivity index (χ2n) is 5.16. The molecule has 2 fully saturated rings. The van der Waals surface area contributed by atoms with Crippen LogP contribution < -0.4 is 10.2 Å². The van der Waals surface area contributed by atoms with Gasteiger partial charge < -0.3 is 10.2 Å². The van der Waals surface area contributed by atoms with Crippen LogP contribution in [0.15, 0.2) is 11.6 Å². The summed E-state index contributed by atoms with van der Waals surface area (Å²) in [6, 6.07) is 1.49. The van der Waals surface area contributed by atoms with Gasteiger partial charge in [0.2, 0.25) is 0 Å².